The van der Waals surface area contributed by atoms with Gasteiger partial charge in [0.25, 0.3) is 0 Å². The van der Waals surface area contributed by atoms with E-state index in [9.17, 15) is 4.79 Å². The SMILES string of the molecule is C=CCNc1cccc(NC(=O)OCC)c1C. The van der Waals surface area contributed by atoms with E-state index in [1.54, 1.807) is 13.0 Å². The number of anilines is 2. The minimum atomic E-state index is -0.434. The Morgan fingerprint density at radius 3 is 2.82 bits per heavy atom. The summed E-state index contributed by atoms with van der Waals surface area (Å²) in [5.41, 5.74) is 2.69. The van der Waals surface area contributed by atoms with Crippen molar-refractivity contribution in [2.75, 3.05) is 23.8 Å². The second-order valence-corrected chi connectivity index (χ2v) is 3.49. The van der Waals surface area contributed by atoms with Crippen LogP contribution in [0.25, 0.3) is 0 Å². The molecule has 2 N–H and O–H groups in total. The maximum atomic E-state index is 11.3. The Bertz CT molecular complexity index is 402. The molecule has 92 valence electrons. The minimum Gasteiger partial charge on any atom is -0.450 e. The number of nitrogens with one attached hydrogen (secondary N) is 2. The highest BCUT2D eigenvalue weighted by Gasteiger charge is 2.07. The van der Waals surface area contributed by atoms with Crippen LogP contribution in [0.2, 0.25) is 0 Å². The molecule has 0 atom stereocenters. The number of benzene rings is 1. The summed E-state index contributed by atoms with van der Waals surface area (Å²) < 4.78 is 4.84. The van der Waals surface area contributed by atoms with Gasteiger partial charge in [0.15, 0.2) is 0 Å². The summed E-state index contributed by atoms with van der Waals surface area (Å²) in [7, 11) is 0. The molecule has 0 aromatic heterocycles. The van der Waals surface area contributed by atoms with Gasteiger partial charge < -0.3 is 10.1 Å². The van der Waals surface area contributed by atoms with Gasteiger partial charge in [-0.2, -0.15) is 0 Å². The van der Waals surface area contributed by atoms with E-state index in [1.165, 1.54) is 0 Å². The zero-order valence-electron chi connectivity index (χ0n) is 10.2. The molecule has 0 fully saturated rings. The molecular weight excluding hydrogens is 216 g/mol. The van der Waals surface area contributed by atoms with Crippen LogP contribution in [-0.4, -0.2) is 19.2 Å². The molecule has 17 heavy (non-hydrogen) atoms. The van der Waals surface area contributed by atoms with Gasteiger partial charge in [-0.1, -0.05) is 12.1 Å². The Labute approximate surface area is 102 Å². The van der Waals surface area contributed by atoms with Gasteiger partial charge in [0.05, 0.1) is 6.61 Å². The first-order valence-electron chi connectivity index (χ1n) is 5.57. The first-order valence-corrected chi connectivity index (χ1v) is 5.57. The number of amides is 1. The second kappa shape index (κ2) is 6.58. The lowest BCUT2D eigenvalue weighted by Crippen LogP contribution is -2.14. The number of hydrogen-bond donors (Lipinski definition) is 2. The van der Waals surface area contributed by atoms with E-state index in [4.69, 9.17) is 4.74 Å². The van der Waals surface area contributed by atoms with Gasteiger partial charge in [-0.25, -0.2) is 4.79 Å². The van der Waals surface area contributed by atoms with Crippen molar-refractivity contribution < 1.29 is 9.53 Å². The number of rotatable bonds is 5. The van der Waals surface area contributed by atoms with Crippen molar-refractivity contribution in [2.45, 2.75) is 13.8 Å². The van der Waals surface area contributed by atoms with Gasteiger partial charge in [-0.3, -0.25) is 5.32 Å². The molecule has 1 aromatic rings. The standard InChI is InChI=1S/C13H18N2O2/c1-4-9-14-11-7-6-8-12(10(11)3)15-13(16)17-5-2/h4,6-8,14H,1,5,9H2,2-3H3,(H,15,16). The van der Waals surface area contributed by atoms with Gasteiger partial charge >= 0.3 is 6.09 Å². The molecule has 0 aliphatic rings. The summed E-state index contributed by atoms with van der Waals surface area (Å²) in [6.45, 7) is 8.40. The largest absolute Gasteiger partial charge is 0.450 e. The molecule has 0 spiro atoms. The van der Waals surface area contributed by atoms with Crippen molar-refractivity contribution in [3.05, 3.63) is 36.4 Å². The van der Waals surface area contributed by atoms with Crippen LogP contribution in [0.3, 0.4) is 0 Å². The fourth-order valence-electron chi connectivity index (χ4n) is 1.42. The summed E-state index contributed by atoms with van der Waals surface area (Å²) in [6, 6.07) is 5.67. The second-order valence-electron chi connectivity index (χ2n) is 3.49. The molecule has 4 nitrogen and oxygen atoms in total. The van der Waals surface area contributed by atoms with Crippen LogP contribution in [0.4, 0.5) is 16.2 Å². The smallest absolute Gasteiger partial charge is 0.411 e. The molecule has 0 saturated heterocycles. The molecule has 0 heterocycles. The predicted octanol–water partition coefficient (Wildman–Crippen LogP) is 3.16. The number of carbonyl (C=O) groups excluding carboxylic acids is 1. The summed E-state index contributed by atoms with van der Waals surface area (Å²) in [6.07, 6.45) is 1.35. The molecule has 1 aromatic carbocycles. The fourth-order valence-corrected chi connectivity index (χ4v) is 1.42. The van der Waals surface area contributed by atoms with E-state index in [-0.39, 0.29) is 0 Å². The maximum Gasteiger partial charge on any atom is 0.411 e. The average Bonchev–Trinajstić information content (AvgIpc) is 2.30. The Hall–Kier alpha value is -1.97. The molecule has 0 unspecified atom stereocenters. The zero-order valence-corrected chi connectivity index (χ0v) is 10.2. The normalized spacial score (nSPS) is 9.53. The third-order valence-corrected chi connectivity index (χ3v) is 2.28. The number of carbonyl (C=O) groups is 1. The predicted molar refractivity (Wildman–Crippen MR) is 70.5 cm³/mol. The fraction of sp³-hybridized carbons (Fsp3) is 0.308. The van der Waals surface area contributed by atoms with Gasteiger partial charge in [0.1, 0.15) is 0 Å². The van der Waals surface area contributed by atoms with Gasteiger partial charge in [-0.05, 0) is 31.5 Å². The molecule has 1 rings (SSSR count). The molecule has 0 aliphatic heterocycles. The van der Waals surface area contributed by atoms with Crippen molar-refractivity contribution >= 4 is 17.5 Å². The van der Waals surface area contributed by atoms with E-state index < -0.39 is 6.09 Å². The van der Waals surface area contributed by atoms with Gasteiger partial charge in [0.2, 0.25) is 0 Å². The lowest BCUT2D eigenvalue weighted by atomic mass is 10.1. The summed E-state index contributed by atoms with van der Waals surface area (Å²) in [5, 5.41) is 5.90. The first kappa shape index (κ1) is 13.1. The third-order valence-electron chi connectivity index (χ3n) is 2.28. The Balaban J connectivity index is 2.78. The van der Waals surface area contributed by atoms with Crippen LogP contribution in [-0.2, 0) is 4.74 Å². The van der Waals surface area contributed by atoms with Crippen molar-refractivity contribution in [3.8, 4) is 0 Å². The third kappa shape index (κ3) is 3.83. The Morgan fingerprint density at radius 1 is 1.47 bits per heavy atom. The van der Waals surface area contributed by atoms with E-state index in [0.29, 0.717) is 13.2 Å². The van der Waals surface area contributed by atoms with Crippen molar-refractivity contribution in [3.63, 3.8) is 0 Å². The highest BCUT2D eigenvalue weighted by atomic mass is 16.5. The van der Waals surface area contributed by atoms with Crippen LogP contribution in [0.15, 0.2) is 30.9 Å². The summed E-state index contributed by atoms with van der Waals surface area (Å²) >= 11 is 0. The van der Waals surface area contributed by atoms with Crippen LogP contribution in [0, 0.1) is 6.92 Å². The lowest BCUT2D eigenvalue weighted by molar-refractivity contribution is 0.168. The van der Waals surface area contributed by atoms with Crippen LogP contribution < -0.4 is 10.6 Å². The monoisotopic (exact) mass is 234 g/mol. The molecule has 0 bridgehead atoms. The molecule has 0 radical (unpaired) electrons. The van der Waals surface area contributed by atoms with Crippen molar-refractivity contribution in [1.29, 1.82) is 0 Å². The topological polar surface area (TPSA) is 50.4 Å². The van der Waals surface area contributed by atoms with E-state index in [0.717, 1.165) is 16.9 Å². The summed E-state index contributed by atoms with van der Waals surface area (Å²) in [5.74, 6) is 0. The van der Waals surface area contributed by atoms with Crippen LogP contribution in [0.1, 0.15) is 12.5 Å². The van der Waals surface area contributed by atoms with Crippen LogP contribution in [0.5, 0.6) is 0 Å². The van der Waals surface area contributed by atoms with E-state index >= 15 is 0 Å². The number of ether oxygens (including phenoxy) is 1. The van der Waals surface area contributed by atoms with Crippen LogP contribution >= 0.6 is 0 Å². The number of hydrogen-bond acceptors (Lipinski definition) is 3. The molecule has 4 heteroatoms. The van der Waals surface area contributed by atoms with Gasteiger partial charge in [-0.15, -0.1) is 6.58 Å². The lowest BCUT2D eigenvalue weighted by Gasteiger charge is -2.13. The average molecular weight is 234 g/mol. The van der Waals surface area contributed by atoms with Crippen molar-refractivity contribution in [2.24, 2.45) is 0 Å². The molecule has 1 amide bonds. The Kier molecular flexibility index (Phi) is 5.07. The highest BCUT2D eigenvalue weighted by molar-refractivity contribution is 5.87. The molecule has 0 saturated carbocycles. The van der Waals surface area contributed by atoms with Gasteiger partial charge in [0, 0.05) is 17.9 Å². The summed E-state index contributed by atoms with van der Waals surface area (Å²) in [4.78, 5) is 11.3. The highest BCUT2D eigenvalue weighted by Crippen LogP contribution is 2.23. The van der Waals surface area contributed by atoms with E-state index in [2.05, 4.69) is 17.2 Å². The zero-order chi connectivity index (χ0) is 12.7. The Morgan fingerprint density at radius 2 is 2.18 bits per heavy atom. The minimum absolute atomic E-state index is 0.360. The van der Waals surface area contributed by atoms with E-state index in [1.807, 2.05) is 25.1 Å². The molecule has 0 aliphatic carbocycles. The first-order chi connectivity index (χ1) is 8.19. The quantitative estimate of drug-likeness (QED) is 0.769. The van der Waals surface area contributed by atoms with Crippen molar-refractivity contribution in [1.82, 2.24) is 0 Å². The maximum absolute atomic E-state index is 11.3. The molecular formula is C13H18N2O2.